The highest BCUT2D eigenvalue weighted by Crippen LogP contribution is 2.18. The SMILES string of the molecule is CCC(CC)N(CCO)CCCC1CCCO1. The molecule has 1 aliphatic rings. The maximum Gasteiger partial charge on any atom is 0.0576 e. The normalized spacial score (nSPS) is 20.6. The first-order valence-electron chi connectivity index (χ1n) is 7.28. The van der Waals surface area contributed by atoms with Crippen molar-refractivity contribution < 1.29 is 9.84 Å². The molecule has 1 saturated heterocycles. The molecule has 1 fully saturated rings. The lowest BCUT2D eigenvalue weighted by molar-refractivity contribution is 0.0916. The van der Waals surface area contributed by atoms with Gasteiger partial charge in [-0.15, -0.1) is 0 Å². The molecule has 3 nitrogen and oxygen atoms in total. The van der Waals surface area contributed by atoms with Crippen molar-refractivity contribution in [3.05, 3.63) is 0 Å². The molecule has 0 aromatic heterocycles. The fraction of sp³-hybridized carbons (Fsp3) is 1.00. The smallest absolute Gasteiger partial charge is 0.0576 e. The Labute approximate surface area is 106 Å². The van der Waals surface area contributed by atoms with Crippen LogP contribution in [0.1, 0.15) is 52.4 Å². The molecule has 3 heteroatoms. The molecule has 1 atom stereocenters. The van der Waals surface area contributed by atoms with Crippen LogP contribution in [0.5, 0.6) is 0 Å². The molecular weight excluding hydrogens is 214 g/mol. The third kappa shape index (κ3) is 5.36. The number of aliphatic hydroxyl groups excluding tert-OH is 1. The topological polar surface area (TPSA) is 32.7 Å². The summed E-state index contributed by atoms with van der Waals surface area (Å²) in [6.07, 6.45) is 7.71. The molecule has 1 unspecified atom stereocenters. The first-order valence-corrected chi connectivity index (χ1v) is 7.28. The summed E-state index contributed by atoms with van der Waals surface area (Å²) in [5, 5.41) is 9.12. The summed E-state index contributed by atoms with van der Waals surface area (Å²) < 4.78 is 5.64. The van der Waals surface area contributed by atoms with Gasteiger partial charge in [0, 0.05) is 19.2 Å². The molecule has 17 heavy (non-hydrogen) atoms. The van der Waals surface area contributed by atoms with Crippen molar-refractivity contribution >= 4 is 0 Å². The van der Waals surface area contributed by atoms with Crippen molar-refractivity contribution in [1.29, 1.82) is 0 Å². The van der Waals surface area contributed by atoms with Crippen molar-refractivity contribution in [2.24, 2.45) is 0 Å². The number of rotatable bonds is 9. The monoisotopic (exact) mass is 243 g/mol. The van der Waals surface area contributed by atoms with E-state index in [9.17, 15) is 0 Å². The second-order valence-electron chi connectivity index (χ2n) is 5.01. The van der Waals surface area contributed by atoms with E-state index < -0.39 is 0 Å². The fourth-order valence-electron chi connectivity index (χ4n) is 2.80. The molecule has 1 aliphatic heterocycles. The van der Waals surface area contributed by atoms with Crippen LogP contribution in [0.3, 0.4) is 0 Å². The van der Waals surface area contributed by atoms with E-state index in [4.69, 9.17) is 9.84 Å². The predicted octanol–water partition coefficient (Wildman–Crippen LogP) is 2.43. The van der Waals surface area contributed by atoms with E-state index in [0.29, 0.717) is 12.1 Å². The van der Waals surface area contributed by atoms with E-state index in [0.717, 1.165) is 19.7 Å². The second kappa shape index (κ2) is 8.90. The molecule has 0 saturated carbocycles. The Kier molecular flexibility index (Phi) is 7.82. The van der Waals surface area contributed by atoms with Crippen LogP contribution in [-0.4, -0.2) is 48.5 Å². The van der Waals surface area contributed by atoms with Crippen LogP contribution in [0.4, 0.5) is 0 Å². The summed E-state index contributed by atoms with van der Waals surface area (Å²) in [5.74, 6) is 0. The number of hydrogen-bond donors (Lipinski definition) is 1. The maximum atomic E-state index is 9.12. The van der Waals surface area contributed by atoms with Gasteiger partial charge in [0.1, 0.15) is 0 Å². The van der Waals surface area contributed by atoms with Gasteiger partial charge in [-0.25, -0.2) is 0 Å². The summed E-state index contributed by atoms with van der Waals surface area (Å²) >= 11 is 0. The molecule has 0 amide bonds. The standard InChI is InChI=1S/C14H29NO2/c1-3-13(4-2)15(10-11-16)9-5-7-14-8-6-12-17-14/h13-14,16H,3-12H2,1-2H3. The Morgan fingerprint density at radius 1 is 1.29 bits per heavy atom. The molecule has 0 bridgehead atoms. The van der Waals surface area contributed by atoms with E-state index >= 15 is 0 Å². The lowest BCUT2D eigenvalue weighted by Gasteiger charge is -2.30. The summed E-state index contributed by atoms with van der Waals surface area (Å²) in [7, 11) is 0. The number of hydrogen-bond acceptors (Lipinski definition) is 3. The molecule has 102 valence electrons. The minimum atomic E-state index is 0.274. The predicted molar refractivity (Wildman–Crippen MR) is 71.2 cm³/mol. The van der Waals surface area contributed by atoms with Gasteiger partial charge in [0.2, 0.25) is 0 Å². The van der Waals surface area contributed by atoms with E-state index in [-0.39, 0.29) is 6.61 Å². The third-order valence-corrected chi connectivity index (χ3v) is 3.84. The van der Waals surface area contributed by atoms with Gasteiger partial charge in [-0.1, -0.05) is 13.8 Å². The van der Waals surface area contributed by atoms with Gasteiger partial charge in [0.15, 0.2) is 0 Å². The maximum absolute atomic E-state index is 9.12. The van der Waals surface area contributed by atoms with Gasteiger partial charge in [0.05, 0.1) is 12.7 Å². The number of nitrogens with zero attached hydrogens (tertiary/aromatic N) is 1. The molecular formula is C14H29NO2. The summed E-state index contributed by atoms with van der Waals surface area (Å²) in [6.45, 7) is 7.62. The van der Waals surface area contributed by atoms with Crippen LogP contribution < -0.4 is 0 Å². The lowest BCUT2D eigenvalue weighted by atomic mass is 10.1. The highest BCUT2D eigenvalue weighted by atomic mass is 16.5. The lowest BCUT2D eigenvalue weighted by Crippen LogP contribution is -2.37. The van der Waals surface area contributed by atoms with Crippen molar-refractivity contribution in [2.45, 2.75) is 64.5 Å². The van der Waals surface area contributed by atoms with Crippen LogP contribution in [0.15, 0.2) is 0 Å². The quantitative estimate of drug-likeness (QED) is 0.675. The molecule has 1 heterocycles. The van der Waals surface area contributed by atoms with Crippen LogP contribution in [0.2, 0.25) is 0 Å². The molecule has 0 radical (unpaired) electrons. The fourth-order valence-corrected chi connectivity index (χ4v) is 2.80. The minimum Gasteiger partial charge on any atom is -0.395 e. The molecule has 0 aliphatic carbocycles. The third-order valence-electron chi connectivity index (χ3n) is 3.84. The van der Waals surface area contributed by atoms with Crippen molar-refractivity contribution in [3.63, 3.8) is 0 Å². The zero-order valence-electron chi connectivity index (χ0n) is 11.5. The van der Waals surface area contributed by atoms with E-state index in [2.05, 4.69) is 18.7 Å². The first-order chi connectivity index (χ1) is 8.31. The van der Waals surface area contributed by atoms with Crippen LogP contribution >= 0.6 is 0 Å². The van der Waals surface area contributed by atoms with Crippen molar-refractivity contribution in [2.75, 3.05) is 26.3 Å². The summed E-state index contributed by atoms with van der Waals surface area (Å²) in [6, 6.07) is 0.631. The first kappa shape index (κ1) is 14.9. The molecule has 0 aromatic carbocycles. The number of aliphatic hydroxyl groups is 1. The van der Waals surface area contributed by atoms with Crippen LogP contribution in [0.25, 0.3) is 0 Å². The van der Waals surface area contributed by atoms with Gasteiger partial charge in [-0.05, 0) is 45.1 Å². The van der Waals surface area contributed by atoms with Gasteiger partial charge in [-0.3, -0.25) is 4.90 Å². The van der Waals surface area contributed by atoms with E-state index in [1.165, 1.54) is 38.5 Å². The van der Waals surface area contributed by atoms with Gasteiger partial charge in [-0.2, -0.15) is 0 Å². The largest absolute Gasteiger partial charge is 0.395 e. The molecule has 1 N–H and O–H groups in total. The van der Waals surface area contributed by atoms with Crippen molar-refractivity contribution in [1.82, 2.24) is 4.90 Å². The highest BCUT2D eigenvalue weighted by Gasteiger charge is 2.17. The molecule has 1 rings (SSSR count). The Bertz CT molecular complexity index is 177. The van der Waals surface area contributed by atoms with Crippen LogP contribution in [0, 0.1) is 0 Å². The van der Waals surface area contributed by atoms with Gasteiger partial charge in [0.25, 0.3) is 0 Å². The Hall–Kier alpha value is -0.120. The van der Waals surface area contributed by atoms with Crippen LogP contribution in [-0.2, 0) is 4.74 Å². The molecule has 0 spiro atoms. The Morgan fingerprint density at radius 2 is 2.06 bits per heavy atom. The summed E-state index contributed by atoms with van der Waals surface area (Å²) in [4.78, 5) is 2.44. The molecule has 0 aromatic rings. The van der Waals surface area contributed by atoms with E-state index in [1.54, 1.807) is 0 Å². The van der Waals surface area contributed by atoms with Gasteiger partial charge >= 0.3 is 0 Å². The van der Waals surface area contributed by atoms with Crippen molar-refractivity contribution in [3.8, 4) is 0 Å². The zero-order valence-corrected chi connectivity index (χ0v) is 11.5. The Morgan fingerprint density at radius 3 is 2.59 bits per heavy atom. The van der Waals surface area contributed by atoms with Gasteiger partial charge < -0.3 is 9.84 Å². The average molecular weight is 243 g/mol. The minimum absolute atomic E-state index is 0.274. The second-order valence-corrected chi connectivity index (χ2v) is 5.01. The average Bonchev–Trinajstić information content (AvgIpc) is 2.83. The zero-order chi connectivity index (χ0) is 12.5. The van der Waals surface area contributed by atoms with E-state index in [1.807, 2.05) is 0 Å². The number of ether oxygens (including phenoxy) is 1. The highest BCUT2D eigenvalue weighted by molar-refractivity contribution is 4.71. The Balaban J connectivity index is 2.22. The summed E-state index contributed by atoms with van der Waals surface area (Å²) in [5.41, 5.74) is 0.